The van der Waals surface area contributed by atoms with E-state index >= 15 is 0 Å². The first-order valence-corrected chi connectivity index (χ1v) is 6.16. The topological polar surface area (TPSA) is 138 Å². The van der Waals surface area contributed by atoms with Crippen LogP contribution < -0.4 is 80.0 Å². The molecule has 0 spiro atoms. The molecule has 0 heterocycles. The number of nitrogens with one attached hydrogen (secondary N) is 2. The van der Waals surface area contributed by atoms with Gasteiger partial charge in [0.2, 0.25) is 11.8 Å². The SMILES string of the molecule is CCC(=O)N[C@@H](C)C(=O)[O-].CCC(=O)N[C@@H](C)C(=O)[O-].[Na+].[Na+]. The van der Waals surface area contributed by atoms with E-state index in [0.29, 0.717) is 0 Å². The van der Waals surface area contributed by atoms with E-state index in [1.807, 2.05) is 0 Å². The molecule has 22 heavy (non-hydrogen) atoms. The third-order valence-electron chi connectivity index (χ3n) is 2.10. The molecule has 0 aliphatic carbocycles. The molecule has 116 valence electrons. The first kappa shape index (κ1) is 29.8. The predicted octanol–water partition coefficient (Wildman–Crippen LogP) is -8.69. The Balaban J connectivity index is -0.000000135. The molecule has 0 rings (SSSR count). The van der Waals surface area contributed by atoms with Crippen LogP contribution in [0, 0.1) is 0 Å². The van der Waals surface area contributed by atoms with Gasteiger partial charge in [-0.3, -0.25) is 9.59 Å². The number of carbonyl (C=O) groups is 4. The Labute approximate surface area is 174 Å². The average Bonchev–Trinajstić information content (AvgIpc) is 2.38. The minimum Gasteiger partial charge on any atom is -0.548 e. The van der Waals surface area contributed by atoms with Crippen LogP contribution in [0.4, 0.5) is 0 Å². The summed E-state index contributed by atoms with van der Waals surface area (Å²) in [7, 11) is 0. The second-order valence-electron chi connectivity index (χ2n) is 3.92. The Morgan fingerprint density at radius 1 is 0.773 bits per heavy atom. The second-order valence-corrected chi connectivity index (χ2v) is 3.92. The molecular formula is C12H20N2Na2O6. The average molecular weight is 334 g/mol. The zero-order chi connectivity index (χ0) is 16.3. The van der Waals surface area contributed by atoms with Gasteiger partial charge in [-0.15, -0.1) is 0 Å². The molecule has 10 heteroatoms. The molecule has 0 aromatic heterocycles. The number of aliphatic carboxylic acids is 2. The number of carboxylic acid groups (broad SMARTS) is 2. The smallest absolute Gasteiger partial charge is 0.548 e. The summed E-state index contributed by atoms with van der Waals surface area (Å²) >= 11 is 0. The largest absolute Gasteiger partial charge is 1.00 e. The third kappa shape index (κ3) is 17.9. The number of hydrogen-bond donors (Lipinski definition) is 2. The van der Waals surface area contributed by atoms with Gasteiger partial charge >= 0.3 is 59.1 Å². The third-order valence-corrected chi connectivity index (χ3v) is 2.10. The van der Waals surface area contributed by atoms with Gasteiger partial charge in [0.15, 0.2) is 0 Å². The van der Waals surface area contributed by atoms with Crippen molar-refractivity contribution in [3.8, 4) is 0 Å². The number of amides is 2. The summed E-state index contributed by atoms with van der Waals surface area (Å²) in [4.78, 5) is 41.1. The zero-order valence-electron chi connectivity index (χ0n) is 14.0. The second kappa shape index (κ2) is 17.2. The van der Waals surface area contributed by atoms with Crippen molar-refractivity contribution >= 4 is 23.8 Å². The molecule has 0 unspecified atom stereocenters. The number of hydrogen-bond acceptors (Lipinski definition) is 6. The predicted molar refractivity (Wildman–Crippen MR) is 65.8 cm³/mol. The summed E-state index contributed by atoms with van der Waals surface area (Å²) in [6.07, 6.45) is 0.579. The maximum atomic E-state index is 10.5. The monoisotopic (exact) mass is 334 g/mol. The fourth-order valence-electron chi connectivity index (χ4n) is 0.805. The van der Waals surface area contributed by atoms with E-state index in [2.05, 4.69) is 10.6 Å². The van der Waals surface area contributed by atoms with Crippen LogP contribution in [-0.4, -0.2) is 35.8 Å². The van der Waals surface area contributed by atoms with Crippen molar-refractivity contribution in [3.05, 3.63) is 0 Å². The quantitative estimate of drug-likeness (QED) is 0.463. The molecular weight excluding hydrogens is 314 g/mol. The van der Waals surface area contributed by atoms with E-state index in [1.165, 1.54) is 13.8 Å². The molecule has 2 amide bonds. The molecule has 8 nitrogen and oxygen atoms in total. The minimum absolute atomic E-state index is 0. The Morgan fingerprint density at radius 3 is 1.14 bits per heavy atom. The fraction of sp³-hybridized carbons (Fsp3) is 0.667. The summed E-state index contributed by atoms with van der Waals surface area (Å²) in [6, 6.07) is -1.79. The Hall–Kier alpha value is -0.120. The summed E-state index contributed by atoms with van der Waals surface area (Å²) < 4.78 is 0. The maximum Gasteiger partial charge on any atom is 1.00 e. The standard InChI is InChI=1S/2C6H11NO3.2Na/c2*1-3-5(8)7-4(2)6(9)10;;/h2*4H,3H2,1-2H3,(H,7,8)(H,9,10);;/q;;2*+1/p-2/t2*4-;;/m00../s1. The van der Waals surface area contributed by atoms with Crippen molar-refractivity contribution < 1.29 is 88.5 Å². The summed E-state index contributed by atoms with van der Waals surface area (Å²) in [5.74, 6) is -3.09. The van der Waals surface area contributed by atoms with E-state index in [0.717, 1.165) is 0 Å². The molecule has 0 saturated carbocycles. The Morgan fingerprint density at radius 2 is 1.00 bits per heavy atom. The fourth-order valence-corrected chi connectivity index (χ4v) is 0.805. The van der Waals surface area contributed by atoms with Gasteiger partial charge in [0.25, 0.3) is 0 Å². The Bertz CT molecular complexity index is 332. The summed E-state index contributed by atoms with van der Waals surface area (Å²) in [5, 5.41) is 24.5. The van der Waals surface area contributed by atoms with Crippen molar-refractivity contribution in [3.63, 3.8) is 0 Å². The molecule has 0 aliphatic rings. The molecule has 2 N–H and O–H groups in total. The molecule has 0 radical (unpaired) electrons. The van der Waals surface area contributed by atoms with Gasteiger partial charge in [-0.2, -0.15) is 0 Å². The molecule has 0 aromatic rings. The summed E-state index contributed by atoms with van der Waals surface area (Å²) in [6.45, 7) is 6.03. The first-order valence-electron chi connectivity index (χ1n) is 6.16. The van der Waals surface area contributed by atoms with Crippen LogP contribution in [0.25, 0.3) is 0 Å². The minimum atomic E-state index is -1.26. The van der Waals surface area contributed by atoms with E-state index < -0.39 is 24.0 Å². The van der Waals surface area contributed by atoms with Gasteiger partial charge < -0.3 is 30.4 Å². The first-order chi connectivity index (χ1) is 9.15. The van der Waals surface area contributed by atoms with Gasteiger partial charge in [0.1, 0.15) is 0 Å². The normalized spacial score (nSPS) is 11.1. The van der Waals surface area contributed by atoms with Crippen molar-refractivity contribution in [2.24, 2.45) is 0 Å². The molecule has 2 atom stereocenters. The van der Waals surface area contributed by atoms with Crippen LogP contribution in [0.1, 0.15) is 40.5 Å². The van der Waals surface area contributed by atoms with E-state index in [1.54, 1.807) is 13.8 Å². The number of carbonyl (C=O) groups excluding carboxylic acids is 4. The van der Waals surface area contributed by atoms with Gasteiger partial charge in [0.05, 0.1) is 24.0 Å². The van der Waals surface area contributed by atoms with Crippen LogP contribution in [0.3, 0.4) is 0 Å². The van der Waals surface area contributed by atoms with E-state index in [4.69, 9.17) is 0 Å². The van der Waals surface area contributed by atoms with Crippen LogP contribution in [0.2, 0.25) is 0 Å². The van der Waals surface area contributed by atoms with Crippen LogP contribution in [0.5, 0.6) is 0 Å². The van der Waals surface area contributed by atoms with Gasteiger partial charge in [0, 0.05) is 12.8 Å². The van der Waals surface area contributed by atoms with Crippen molar-refractivity contribution in [2.75, 3.05) is 0 Å². The molecule has 0 fully saturated rings. The van der Waals surface area contributed by atoms with Crippen LogP contribution in [0.15, 0.2) is 0 Å². The van der Waals surface area contributed by atoms with Crippen molar-refractivity contribution in [1.29, 1.82) is 0 Å². The van der Waals surface area contributed by atoms with E-state index in [-0.39, 0.29) is 83.8 Å². The van der Waals surface area contributed by atoms with E-state index in [9.17, 15) is 29.4 Å². The van der Waals surface area contributed by atoms with Crippen LogP contribution >= 0.6 is 0 Å². The molecule has 0 aliphatic heterocycles. The van der Waals surface area contributed by atoms with Gasteiger partial charge in [-0.25, -0.2) is 0 Å². The molecule has 0 bridgehead atoms. The van der Waals surface area contributed by atoms with Gasteiger partial charge in [-0.05, 0) is 13.8 Å². The molecule has 0 aromatic carbocycles. The van der Waals surface area contributed by atoms with Crippen molar-refractivity contribution in [2.45, 2.75) is 52.6 Å². The van der Waals surface area contributed by atoms with Crippen molar-refractivity contribution in [1.82, 2.24) is 10.6 Å². The Kier molecular flexibility index (Phi) is 23.4. The maximum absolute atomic E-state index is 10.5. The zero-order valence-corrected chi connectivity index (χ0v) is 18.0. The molecule has 0 saturated heterocycles. The van der Waals surface area contributed by atoms with Gasteiger partial charge in [-0.1, -0.05) is 13.8 Å². The number of rotatable bonds is 6. The van der Waals surface area contributed by atoms with Crippen LogP contribution in [-0.2, 0) is 19.2 Å². The summed E-state index contributed by atoms with van der Waals surface area (Å²) in [5.41, 5.74) is 0. The number of carboxylic acids is 2.